The van der Waals surface area contributed by atoms with Crippen molar-refractivity contribution < 1.29 is 19.1 Å². The minimum absolute atomic E-state index is 0.0932. The van der Waals surface area contributed by atoms with Crippen LogP contribution in [0, 0.1) is 0 Å². The van der Waals surface area contributed by atoms with Crippen LogP contribution in [0.3, 0.4) is 0 Å². The highest BCUT2D eigenvalue weighted by Gasteiger charge is 2.23. The summed E-state index contributed by atoms with van der Waals surface area (Å²) in [5, 5.41) is 3.19. The Labute approximate surface area is 124 Å². The SMILES string of the molecule is CC(=O)CC1CNc2cc(C(=O)OC(C)(C)C)ccc2O1. The van der Waals surface area contributed by atoms with Crippen molar-refractivity contribution in [1.29, 1.82) is 0 Å². The first-order valence-corrected chi connectivity index (χ1v) is 7.02. The molecule has 21 heavy (non-hydrogen) atoms. The molecule has 1 aliphatic rings. The van der Waals surface area contributed by atoms with Crippen LogP contribution in [0.15, 0.2) is 18.2 Å². The molecule has 114 valence electrons. The summed E-state index contributed by atoms with van der Waals surface area (Å²) in [6, 6.07) is 5.12. The molecule has 0 saturated carbocycles. The van der Waals surface area contributed by atoms with Crippen molar-refractivity contribution in [2.75, 3.05) is 11.9 Å². The summed E-state index contributed by atoms with van der Waals surface area (Å²) < 4.78 is 11.1. The van der Waals surface area contributed by atoms with E-state index >= 15 is 0 Å². The van der Waals surface area contributed by atoms with E-state index < -0.39 is 5.60 Å². The van der Waals surface area contributed by atoms with Crippen LogP contribution in [0.4, 0.5) is 5.69 Å². The molecule has 0 aromatic heterocycles. The maximum Gasteiger partial charge on any atom is 0.338 e. The monoisotopic (exact) mass is 291 g/mol. The van der Waals surface area contributed by atoms with Crippen LogP contribution >= 0.6 is 0 Å². The Kier molecular flexibility index (Phi) is 4.21. The van der Waals surface area contributed by atoms with Crippen molar-refractivity contribution in [3.05, 3.63) is 23.8 Å². The molecule has 1 unspecified atom stereocenters. The first-order valence-electron chi connectivity index (χ1n) is 7.02. The van der Waals surface area contributed by atoms with Gasteiger partial charge in [0, 0.05) is 6.42 Å². The standard InChI is InChI=1S/C16H21NO4/c1-10(18)7-12-9-17-13-8-11(5-6-14(13)20-12)15(19)21-16(2,3)4/h5-6,8,12,17H,7,9H2,1-4H3. The third-order valence-corrected chi connectivity index (χ3v) is 2.94. The molecule has 0 bridgehead atoms. The summed E-state index contributed by atoms with van der Waals surface area (Å²) in [4.78, 5) is 23.2. The van der Waals surface area contributed by atoms with Crippen molar-refractivity contribution in [2.24, 2.45) is 0 Å². The summed E-state index contributed by atoms with van der Waals surface area (Å²) in [5.41, 5.74) is 0.701. The van der Waals surface area contributed by atoms with Crippen LogP contribution in [0.1, 0.15) is 44.5 Å². The average Bonchev–Trinajstić information content (AvgIpc) is 2.35. The van der Waals surface area contributed by atoms with Gasteiger partial charge in [-0.1, -0.05) is 0 Å². The Morgan fingerprint density at radius 3 is 2.71 bits per heavy atom. The summed E-state index contributed by atoms with van der Waals surface area (Å²) >= 11 is 0. The molecule has 0 spiro atoms. The van der Waals surface area contributed by atoms with Gasteiger partial charge >= 0.3 is 5.97 Å². The highest BCUT2D eigenvalue weighted by atomic mass is 16.6. The van der Waals surface area contributed by atoms with Crippen LogP contribution < -0.4 is 10.1 Å². The highest BCUT2D eigenvalue weighted by molar-refractivity contribution is 5.91. The number of benzene rings is 1. The molecular weight excluding hydrogens is 270 g/mol. The largest absolute Gasteiger partial charge is 0.486 e. The molecule has 0 fully saturated rings. The number of ketones is 1. The van der Waals surface area contributed by atoms with Gasteiger partial charge in [-0.2, -0.15) is 0 Å². The van der Waals surface area contributed by atoms with E-state index in [-0.39, 0.29) is 17.9 Å². The van der Waals surface area contributed by atoms with Gasteiger partial charge in [-0.3, -0.25) is 4.79 Å². The maximum atomic E-state index is 12.0. The van der Waals surface area contributed by atoms with Crippen LogP contribution in [-0.2, 0) is 9.53 Å². The van der Waals surface area contributed by atoms with E-state index in [2.05, 4.69) is 5.32 Å². The first-order chi connectivity index (χ1) is 9.74. The van der Waals surface area contributed by atoms with Crippen molar-refractivity contribution in [3.8, 4) is 5.75 Å². The molecule has 5 nitrogen and oxygen atoms in total. The summed E-state index contributed by atoms with van der Waals surface area (Å²) in [6.45, 7) is 7.58. The fourth-order valence-electron chi connectivity index (χ4n) is 2.11. The Hall–Kier alpha value is -2.04. The molecule has 1 atom stereocenters. The van der Waals surface area contributed by atoms with Gasteiger partial charge in [0.1, 0.15) is 23.2 Å². The van der Waals surface area contributed by atoms with E-state index in [4.69, 9.17) is 9.47 Å². The Morgan fingerprint density at radius 2 is 2.10 bits per heavy atom. The number of hydrogen-bond acceptors (Lipinski definition) is 5. The number of rotatable bonds is 3. The van der Waals surface area contributed by atoms with Gasteiger partial charge < -0.3 is 14.8 Å². The molecule has 0 aliphatic carbocycles. The second kappa shape index (κ2) is 5.76. The number of carbonyl (C=O) groups is 2. The second-order valence-corrected chi connectivity index (χ2v) is 6.24. The zero-order valence-corrected chi connectivity index (χ0v) is 12.9. The maximum absolute atomic E-state index is 12.0. The first kappa shape index (κ1) is 15.4. The lowest BCUT2D eigenvalue weighted by Crippen LogP contribution is -2.32. The van der Waals surface area contributed by atoms with Crippen LogP contribution in [0.2, 0.25) is 0 Å². The van der Waals surface area contributed by atoms with E-state index in [1.807, 2.05) is 20.8 Å². The Bertz CT molecular complexity index is 560. The highest BCUT2D eigenvalue weighted by Crippen LogP contribution is 2.31. The molecule has 1 heterocycles. The van der Waals surface area contributed by atoms with Crippen molar-refractivity contribution in [3.63, 3.8) is 0 Å². The van der Waals surface area contributed by atoms with Gasteiger partial charge in [-0.15, -0.1) is 0 Å². The van der Waals surface area contributed by atoms with E-state index in [0.717, 1.165) is 5.69 Å². The van der Waals surface area contributed by atoms with Crippen molar-refractivity contribution >= 4 is 17.4 Å². The topological polar surface area (TPSA) is 64.6 Å². The number of carbonyl (C=O) groups excluding carboxylic acids is 2. The molecule has 5 heteroatoms. The number of Topliss-reactive ketones (excluding diaryl/α,β-unsaturated/α-hetero) is 1. The molecule has 1 N–H and O–H groups in total. The third kappa shape index (κ3) is 4.21. The van der Waals surface area contributed by atoms with Crippen molar-refractivity contribution in [1.82, 2.24) is 0 Å². The Balaban J connectivity index is 2.11. The number of hydrogen-bond donors (Lipinski definition) is 1. The lowest BCUT2D eigenvalue weighted by molar-refractivity contribution is -0.118. The third-order valence-electron chi connectivity index (χ3n) is 2.94. The molecule has 0 saturated heterocycles. The van der Waals surface area contributed by atoms with Crippen molar-refractivity contribution in [2.45, 2.75) is 45.8 Å². The average molecular weight is 291 g/mol. The van der Waals surface area contributed by atoms with Gasteiger partial charge in [-0.25, -0.2) is 4.79 Å². The fourth-order valence-corrected chi connectivity index (χ4v) is 2.11. The number of anilines is 1. The van der Waals surface area contributed by atoms with Gasteiger partial charge in [0.15, 0.2) is 0 Å². The number of fused-ring (bicyclic) bond motifs is 1. The van der Waals surface area contributed by atoms with Gasteiger partial charge in [0.2, 0.25) is 0 Å². The predicted octanol–water partition coefficient (Wildman–Crippen LogP) is 2.79. The quantitative estimate of drug-likeness (QED) is 0.868. The smallest absolute Gasteiger partial charge is 0.338 e. The van der Waals surface area contributed by atoms with E-state index in [0.29, 0.717) is 24.3 Å². The van der Waals surface area contributed by atoms with Crippen LogP contribution in [0.25, 0.3) is 0 Å². The minimum Gasteiger partial charge on any atom is -0.486 e. The van der Waals surface area contributed by atoms with E-state index in [1.165, 1.54) is 0 Å². The molecule has 0 radical (unpaired) electrons. The number of nitrogens with one attached hydrogen (secondary N) is 1. The molecule has 2 rings (SSSR count). The lowest BCUT2D eigenvalue weighted by Gasteiger charge is -2.27. The predicted molar refractivity (Wildman–Crippen MR) is 79.8 cm³/mol. The van der Waals surface area contributed by atoms with E-state index in [9.17, 15) is 9.59 Å². The normalized spacial score (nSPS) is 17.2. The molecule has 1 aliphatic heterocycles. The van der Waals surface area contributed by atoms with E-state index in [1.54, 1.807) is 25.1 Å². The fraction of sp³-hybridized carbons (Fsp3) is 0.500. The number of esters is 1. The van der Waals surface area contributed by atoms with Crippen LogP contribution in [-0.4, -0.2) is 30.0 Å². The zero-order valence-electron chi connectivity index (χ0n) is 12.9. The number of ether oxygens (including phenoxy) is 2. The molecule has 0 amide bonds. The lowest BCUT2D eigenvalue weighted by atomic mass is 10.1. The van der Waals surface area contributed by atoms with Gasteiger partial charge in [0.05, 0.1) is 17.8 Å². The summed E-state index contributed by atoms with van der Waals surface area (Å²) in [6.07, 6.45) is 0.211. The summed E-state index contributed by atoms with van der Waals surface area (Å²) in [7, 11) is 0. The zero-order chi connectivity index (χ0) is 15.6. The molecule has 1 aromatic carbocycles. The summed E-state index contributed by atoms with van der Waals surface area (Å²) in [5.74, 6) is 0.383. The second-order valence-electron chi connectivity index (χ2n) is 6.24. The minimum atomic E-state index is -0.524. The van der Waals surface area contributed by atoms with Crippen LogP contribution in [0.5, 0.6) is 5.75 Å². The Morgan fingerprint density at radius 1 is 1.38 bits per heavy atom. The van der Waals surface area contributed by atoms with Gasteiger partial charge in [0.25, 0.3) is 0 Å². The molecule has 1 aromatic rings. The molecular formula is C16H21NO4. The van der Waals surface area contributed by atoms with Gasteiger partial charge in [-0.05, 0) is 45.9 Å².